The van der Waals surface area contributed by atoms with Gasteiger partial charge < -0.3 is 20.1 Å². The number of nitrogens with one attached hydrogen (secondary N) is 1. The quantitative estimate of drug-likeness (QED) is 0.818. The minimum Gasteiger partial charge on any atom is -0.497 e. The van der Waals surface area contributed by atoms with Crippen LogP contribution in [0.4, 0.5) is 10.5 Å². The van der Waals surface area contributed by atoms with E-state index in [0.717, 1.165) is 5.75 Å². The summed E-state index contributed by atoms with van der Waals surface area (Å²) in [6, 6.07) is 6.87. The van der Waals surface area contributed by atoms with Crippen molar-refractivity contribution in [2.24, 2.45) is 0 Å². The third-order valence-corrected chi connectivity index (χ3v) is 2.38. The molecular formula is C12H18N2O3. The monoisotopic (exact) mass is 238 g/mol. The number of aliphatic hydroxyl groups is 1. The summed E-state index contributed by atoms with van der Waals surface area (Å²) in [5.74, 6) is 0.741. The molecule has 2 amide bonds. The Hall–Kier alpha value is -1.75. The minimum absolute atomic E-state index is 0.0378. The van der Waals surface area contributed by atoms with E-state index in [4.69, 9.17) is 9.84 Å². The molecule has 0 heterocycles. The highest BCUT2D eigenvalue weighted by Crippen LogP contribution is 2.15. The molecule has 0 fully saturated rings. The summed E-state index contributed by atoms with van der Waals surface area (Å²) in [7, 11) is 1.59. The molecule has 0 aliphatic carbocycles. The van der Waals surface area contributed by atoms with Crippen LogP contribution in [0.15, 0.2) is 24.3 Å². The van der Waals surface area contributed by atoms with Crippen LogP contribution in [0.3, 0.4) is 0 Å². The van der Waals surface area contributed by atoms with Gasteiger partial charge >= 0.3 is 6.03 Å². The van der Waals surface area contributed by atoms with Gasteiger partial charge in [-0.15, -0.1) is 0 Å². The van der Waals surface area contributed by atoms with Gasteiger partial charge in [0.2, 0.25) is 0 Å². The molecule has 0 unspecified atom stereocenters. The molecule has 1 aromatic rings. The van der Waals surface area contributed by atoms with Crippen LogP contribution in [0.1, 0.15) is 6.92 Å². The van der Waals surface area contributed by atoms with E-state index in [1.165, 1.54) is 4.90 Å². The third kappa shape index (κ3) is 3.96. The number of nitrogens with zero attached hydrogens (tertiary/aromatic N) is 1. The zero-order valence-corrected chi connectivity index (χ0v) is 10.1. The zero-order valence-electron chi connectivity index (χ0n) is 10.1. The molecule has 1 rings (SSSR count). The van der Waals surface area contributed by atoms with Crippen LogP contribution < -0.4 is 10.1 Å². The summed E-state index contributed by atoms with van der Waals surface area (Å²) in [4.78, 5) is 13.3. The van der Waals surface area contributed by atoms with E-state index in [2.05, 4.69) is 5.32 Å². The fraction of sp³-hybridized carbons (Fsp3) is 0.417. The van der Waals surface area contributed by atoms with E-state index in [1.807, 2.05) is 6.92 Å². The van der Waals surface area contributed by atoms with Gasteiger partial charge in [-0.25, -0.2) is 4.79 Å². The van der Waals surface area contributed by atoms with Gasteiger partial charge in [-0.1, -0.05) is 0 Å². The van der Waals surface area contributed by atoms with Crippen molar-refractivity contribution < 1.29 is 14.6 Å². The largest absolute Gasteiger partial charge is 0.497 e. The maximum Gasteiger partial charge on any atom is 0.321 e. The van der Waals surface area contributed by atoms with Crippen molar-refractivity contribution in [3.8, 4) is 5.75 Å². The number of benzene rings is 1. The molecule has 0 aliphatic heterocycles. The lowest BCUT2D eigenvalue weighted by molar-refractivity contribution is 0.192. The molecule has 5 heteroatoms. The highest BCUT2D eigenvalue weighted by Gasteiger charge is 2.10. The minimum atomic E-state index is -0.216. The van der Waals surface area contributed by atoms with Crippen molar-refractivity contribution in [3.05, 3.63) is 24.3 Å². The van der Waals surface area contributed by atoms with Crippen molar-refractivity contribution >= 4 is 11.7 Å². The molecule has 0 aliphatic rings. The molecule has 17 heavy (non-hydrogen) atoms. The highest BCUT2D eigenvalue weighted by molar-refractivity contribution is 5.89. The third-order valence-electron chi connectivity index (χ3n) is 2.38. The number of hydrogen-bond acceptors (Lipinski definition) is 3. The summed E-state index contributed by atoms with van der Waals surface area (Å²) in [6.07, 6.45) is 0. The molecule has 0 bridgehead atoms. The van der Waals surface area contributed by atoms with Crippen LogP contribution in [0.2, 0.25) is 0 Å². The number of likely N-dealkylation sites (N-methyl/N-ethyl adjacent to an activating group) is 1. The first-order valence-electron chi connectivity index (χ1n) is 5.52. The molecule has 0 spiro atoms. The Balaban J connectivity index is 2.59. The van der Waals surface area contributed by atoms with E-state index in [9.17, 15) is 4.79 Å². The lowest BCUT2D eigenvalue weighted by atomic mass is 10.3. The maximum atomic E-state index is 11.8. The Morgan fingerprint density at radius 3 is 2.53 bits per heavy atom. The van der Waals surface area contributed by atoms with Gasteiger partial charge in [0, 0.05) is 18.8 Å². The molecule has 0 radical (unpaired) electrons. The average molecular weight is 238 g/mol. The van der Waals surface area contributed by atoms with Crippen molar-refractivity contribution in [2.75, 3.05) is 32.1 Å². The van der Waals surface area contributed by atoms with Gasteiger partial charge in [0.05, 0.1) is 13.7 Å². The van der Waals surface area contributed by atoms with Gasteiger partial charge in [0.25, 0.3) is 0 Å². The number of carbonyl (C=O) groups is 1. The predicted octanol–water partition coefficient (Wildman–Crippen LogP) is 1.54. The summed E-state index contributed by atoms with van der Waals surface area (Å²) < 4.78 is 5.03. The first kappa shape index (κ1) is 13.3. The van der Waals surface area contributed by atoms with Crippen molar-refractivity contribution in [3.63, 3.8) is 0 Å². The van der Waals surface area contributed by atoms with Crippen molar-refractivity contribution in [2.45, 2.75) is 6.92 Å². The van der Waals surface area contributed by atoms with Crippen LogP contribution in [0, 0.1) is 0 Å². The number of anilines is 1. The number of ether oxygens (including phenoxy) is 1. The first-order chi connectivity index (χ1) is 8.21. The van der Waals surface area contributed by atoms with Crippen LogP contribution >= 0.6 is 0 Å². The molecule has 2 N–H and O–H groups in total. The SMILES string of the molecule is CCN(CCO)C(=O)Nc1ccc(OC)cc1. The summed E-state index contributed by atoms with van der Waals surface area (Å²) >= 11 is 0. The van der Waals surface area contributed by atoms with Crippen LogP contribution in [-0.2, 0) is 0 Å². The standard InChI is InChI=1S/C12H18N2O3/c1-3-14(8-9-15)12(16)13-10-4-6-11(17-2)7-5-10/h4-7,15H,3,8-9H2,1-2H3,(H,13,16). The molecule has 5 nitrogen and oxygen atoms in total. The van der Waals surface area contributed by atoms with Crippen LogP contribution in [-0.4, -0.2) is 42.8 Å². The van der Waals surface area contributed by atoms with Gasteiger partial charge in [0.1, 0.15) is 5.75 Å². The van der Waals surface area contributed by atoms with E-state index in [0.29, 0.717) is 18.8 Å². The number of methoxy groups -OCH3 is 1. The Morgan fingerprint density at radius 1 is 1.41 bits per heavy atom. The summed E-state index contributed by atoms with van der Waals surface area (Å²) in [6.45, 7) is 2.72. The second-order valence-corrected chi connectivity index (χ2v) is 3.46. The molecule has 0 saturated carbocycles. The predicted molar refractivity (Wildman–Crippen MR) is 66.3 cm³/mol. The fourth-order valence-corrected chi connectivity index (χ4v) is 1.40. The normalized spacial score (nSPS) is 9.82. The highest BCUT2D eigenvalue weighted by atomic mass is 16.5. The van der Waals surface area contributed by atoms with E-state index in [-0.39, 0.29) is 12.6 Å². The van der Waals surface area contributed by atoms with Crippen molar-refractivity contribution in [1.82, 2.24) is 4.90 Å². The maximum absolute atomic E-state index is 11.8. The smallest absolute Gasteiger partial charge is 0.321 e. The zero-order chi connectivity index (χ0) is 12.7. The van der Waals surface area contributed by atoms with Gasteiger partial charge in [-0.05, 0) is 31.2 Å². The first-order valence-corrected chi connectivity index (χ1v) is 5.52. The number of aliphatic hydroxyl groups excluding tert-OH is 1. The van der Waals surface area contributed by atoms with Crippen molar-refractivity contribution in [1.29, 1.82) is 0 Å². The second-order valence-electron chi connectivity index (χ2n) is 3.46. The summed E-state index contributed by atoms with van der Waals surface area (Å²) in [5.41, 5.74) is 0.701. The Bertz CT molecular complexity index is 351. The second kappa shape index (κ2) is 6.75. The van der Waals surface area contributed by atoms with E-state index in [1.54, 1.807) is 31.4 Å². The Morgan fingerprint density at radius 2 is 2.06 bits per heavy atom. The van der Waals surface area contributed by atoms with E-state index >= 15 is 0 Å². The lowest BCUT2D eigenvalue weighted by Gasteiger charge is -2.20. The van der Waals surface area contributed by atoms with Crippen LogP contribution in [0.5, 0.6) is 5.75 Å². The molecule has 0 aromatic heterocycles. The number of carbonyl (C=O) groups excluding carboxylic acids is 1. The van der Waals surface area contributed by atoms with Gasteiger partial charge in [-0.3, -0.25) is 0 Å². The van der Waals surface area contributed by atoms with E-state index < -0.39 is 0 Å². The average Bonchev–Trinajstić information content (AvgIpc) is 2.36. The molecule has 1 aromatic carbocycles. The fourth-order valence-electron chi connectivity index (χ4n) is 1.40. The number of rotatable bonds is 5. The molecule has 0 saturated heterocycles. The molecule has 0 atom stereocenters. The topological polar surface area (TPSA) is 61.8 Å². The number of urea groups is 1. The lowest BCUT2D eigenvalue weighted by Crippen LogP contribution is -2.36. The van der Waals surface area contributed by atoms with Crippen LogP contribution in [0.25, 0.3) is 0 Å². The van der Waals surface area contributed by atoms with Gasteiger partial charge in [-0.2, -0.15) is 0 Å². The molecular weight excluding hydrogens is 220 g/mol. The Kier molecular flexibility index (Phi) is 5.29. The molecule has 94 valence electrons. The number of hydrogen-bond donors (Lipinski definition) is 2. The van der Waals surface area contributed by atoms with Gasteiger partial charge in [0.15, 0.2) is 0 Å². The Labute approximate surface area is 101 Å². The summed E-state index contributed by atoms with van der Waals surface area (Å²) in [5, 5.41) is 11.6. The number of amides is 2.